The van der Waals surface area contributed by atoms with Gasteiger partial charge >= 0.3 is 0 Å². The maximum atomic E-state index is 14.2. The van der Waals surface area contributed by atoms with E-state index in [-0.39, 0.29) is 19.1 Å². The Labute approximate surface area is 213 Å². The van der Waals surface area contributed by atoms with Crippen molar-refractivity contribution < 1.29 is 13.9 Å². The first-order valence-corrected chi connectivity index (χ1v) is 11.7. The van der Waals surface area contributed by atoms with E-state index in [4.69, 9.17) is 27.9 Å². The zero-order chi connectivity index (χ0) is 25.1. The van der Waals surface area contributed by atoms with E-state index in [9.17, 15) is 9.18 Å². The number of carbonyl (C=O) groups is 1. The number of hydrogen-bond acceptors (Lipinski definition) is 3. The molecule has 1 aromatic heterocycles. The van der Waals surface area contributed by atoms with Gasteiger partial charge in [-0.25, -0.2) is 4.39 Å². The van der Waals surface area contributed by atoms with Crippen LogP contribution in [0.15, 0.2) is 60.7 Å². The average Bonchev–Trinajstić information content (AvgIpc) is 3.09. The summed E-state index contributed by atoms with van der Waals surface area (Å²) < 4.78 is 21.7. The topological polar surface area (TPSA) is 56.1 Å². The van der Waals surface area contributed by atoms with E-state index < -0.39 is 5.82 Å². The predicted octanol–water partition coefficient (Wildman–Crippen LogP) is 7.13. The number of aryl methyl sites for hydroxylation is 2. The first kappa shape index (κ1) is 24.8. The van der Waals surface area contributed by atoms with Crippen LogP contribution in [0, 0.1) is 26.6 Å². The Morgan fingerprint density at radius 1 is 1.03 bits per heavy atom. The minimum atomic E-state index is -0.401. The molecule has 180 valence electrons. The molecular weight excluding hydrogens is 488 g/mol. The van der Waals surface area contributed by atoms with Gasteiger partial charge in [0.05, 0.1) is 28.6 Å². The number of hydrogen-bond donors (Lipinski definition) is 1. The Kier molecular flexibility index (Phi) is 7.43. The molecule has 0 fully saturated rings. The fourth-order valence-corrected chi connectivity index (χ4v) is 4.13. The van der Waals surface area contributed by atoms with Gasteiger partial charge in [-0.05, 0) is 68.3 Å². The summed E-state index contributed by atoms with van der Waals surface area (Å²) >= 11 is 12.4. The summed E-state index contributed by atoms with van der Waals surface area (Å²) in [7, 11) is 0. The second-order valence-corrected chi connectivity index (χ2v) is 9.10. The van der Waals surface area contributed by atoms with Crippen molar-refractivity contribution in [1.82, 2.24) is 9.78 Å². The van der Waals surface area contributed by atoms with Crippen LogP contribution in [-0.2, 0) is 13.2 Å². The normalized spacial score (nSPS) is 10.9. The maximum absolute atomic E-state index is 14.2. The van der Waals surface area contributed by atoms with Gasteiger partial charge < -0.3 is 10.1 Å². The average molecular weight is 512 g/mol. The van der Waals surface area contributed by atoms with Gasteiger partial charge in [0.15, 0.2) is 0 Å². The lowest BCUT2D eigenvalue weighted by atomic mass is 10.1. The summed E-state index contributed by atoms with van der Waals surface area (Å²) in [5.74, 6) is -0.0909. The van der Waals surface area contributed by atoms with Crippen molar-refractivity contribution in [3.63, 3.8) is 0 Å². The van der Waals surface area contributed by atoms with Crippen LogP contribution in [0.3, 0.4) is 0 Å². The molecule has 0 atom stereocenters. The third-order valence-electron chi connectivity index (χ3n) is 5.66. The van der Waals surface area contributed by atoms with Gasteiger partial charge in [-0.3, -0.25) is 9.48 Å². The van der Waals surface area contributed by atoms with Gasteiger partial charge in [0, 0.05) is 16.1 Å². The van der Waals surface area contributed by atoms with E-state index in [1.165, 1.54) is 6.07 Å². The summed E-state index contributed by atoms with van der Waals surface area (Å²) in [6.45, 7) is 6.00. The molecule has 0 aliphatic heterocycles. The first-order valence-electron chi connectivity index (χ1n) is 11.0. The lowest BCUT2D eigenvalue weighted by Crippen LogP contribution is -2.14. The Morgan fingerprint density at radius 3 is 2.57 bits per heavy atom. The molecule has 0 spiro atoms. The molecule has 0 aliphatic rings. The summed E-state index contributed by atoms with van der Waals surface area (Å²) in [6, 6.07) is 17.3. The zero-order valence-corrected chi connectivity index (χ0v) is 21.0. The highest BCUT2D eigenvalue weighted by Crippen LogP contribution is 2.27. The van der Waals surface area contributed by atoms with Crippen molar-refractivity contribution in [3.8, 4) is 5.75 Å². The highest BCUT2D eigenvalue weighted by molar-refractivity contribution is 6.32. The van der Waals surface area contributed by atoms with Crippen molar-refractivity contribution in [2.75, 3.05) is 5.32 Å². The van der Waals surface area contributed by atoms with E-state index in [2.05, 4.69) is 10.4 Å². The highest BCUT2D eigenvalue weighted by Gasteiger charge is 2.18. The number of amides is 1. The lowest BCUT2D eigenvalue weighted by Gasteiger charge is -2.11. The molecule has 1 heterocycles. The van der Waals surface area contributed by atoms with Crippen molar-refractivity contribution in [2.45, 2.75) is 33.9 Å². The number of rotatable bonds is 7. The summed E-state index contributed by atoms with van der Waals surface area (Å²) in [5, 5.41) is 8.27. The number of anilines is 1. The smallest absolute Gasteiger partial charge is 0.255 e. The van der Waals surface area contributed by atoms with Crippen LogP contribution in [0.4, 0.5) is 10.1 Å². The number of aromatic nitrogens is 2. The van der Waals surface area contributed by atoms with Crippen LogP contribution >= 0.6 is 23.2 Å². The summed E-state index contributed by atoms with van der Waals surface area (Å²) in [5.41, 5.74) is 4.59. The summed E-state index contributed by atoms with van der Waals surface area (Å²) in [6.07, 6.45) is 0. The fraction of sp³-hybridized carbons (Fsp3) is 0.185. The molecule has 5 nitrogen and oxygen atoms in total. The lowest BCUT2D eigenvalue weighted by molar-refractivity contribution is 0.102. The molecule has 4 rings (SSSR count). The van der Waals surface area contributed by atoms with Crippen molar-refractivity contribution >= 4 is 34.8 Å². The fourth-order valence-electron chi connectivity index (χ4n) is 3.74. The van der Waals surface area contributed by atoms with Gasteiger partial charge in [-0.15, -0.1) is 0 Å². The highest BCUT2D eigenvalue weighted by atomic mass is 35.5. The summed E-state index contributed by atoms with van der Waals surface area (Å²) in [4.78, 5) is 13.0. The quantitative estimate of drug-likeness (QED) is 0.287. The second-order valence-electron chi connectivity index (χ2n) is 8.28. The maximum Gasteiger partial charge on any atom is 0.255 e. The predicted molar refractivity (Wildman–Crippen MR) is 137 cm³/mol. The van der Waals surface area contributed by atoms with E-state index in [1.54, 1.807) is 48.0 Å². The molecule has 8 heteroatoms. The number of ether oxygens (including phenoxy) is 1. The first-order chi connectivity index (χ1) is 16.7. The van der Waals surface area contributed by atoms with Gasteiger partial charge in [-0.1, -0.05) is 47.5 Å². The Hall–Kier alpha value is -3.35. The van der Waals surface area contributed by atoms with Crippen molar-refractivity contribution in [3.05, 3.63) is 110 Å². The van der Waals surface area contributed by atoms with E-state index in [0.29, 0.717) is 44.0 Å². The minimum absolute atomic E-state index is 0.155. The molecule has 0 aliphatic carbocycles. The largest absolute Gasteiger partial charge is 0.487 e. The Balaban J connectivity index is 1.49. The zero-order valence-electron chi connectivity index (χ0n) is 19.5. The van der Waals surface area contributed by atoms with E-state index >= 15 is 0 Å². The number of halogens is 3. The van der Waals surface area contributed by atoms with Crippen LogP contribution in [0.25, 0.3) is 0 Å². The molecule has 0 unspecified atom stereocenters. The Bertz CT molecular complexity index is 1380. The van der Waals surface area contributed by atoms with E-state index in [0.717, 1.165) is 11.1 Å². The molecule has 0 radical (unpaired) electrons. The van der Waals surface area contributed by atoms with Gasteiger partial charge in [0.1, 0.15) is 18.2 Å². The standard InChI is InChI=1S/C27H24Cl2FN3O2/c1-16-10-11-23(29)25(12-16)35-15-19-6-4-7-20(13-19)27(34)31-26-17(2)32-33(18(26)3)14-21-22(28)8-5-9-24(21)30/h4-13H,14-15H2,1-3H3,(H,31,34). The van der Waals surface area contributed by atoms with E-state index in [1.807, 2.05) is 32.0 Å². The van der Waals surface area contributed by atoms with Crippen LogP contribution in [0.1, 0.15) is 38.4 Å². The van der Waals surface area contributed by atoms with Crippen molar-refractivity contribution in [1.29, 1.82) is 0 Å². The van der Waals surface area contributed by atoms with Crippen LogP contribution in [0.2, 0.25) is 10.0 Å². The molecule has 0 bridgehead atoms. The van der Waals surface area contributed by atoms with Crippen LogP contribution < -0.4 is 10.1 Å². The molecular formula is C27H24Cl2FN3O2. The third-order valence-corrected chi connectivity index (χ3v) is 6.33. The second kappa shape index (κ2) is 10.5. The number of nitrogens with one attached hydrogen (secondary N) is 1. The number of carbonyl (C=O) groups excluding carboxylic acids is 1. The Morgan fingerprint density at radius 2 is 1.80 bits per heavy atom. The monoisotopic (exact) mass is 511 g/mol. The molecule has 1 N–H and O–H groups in total. The molecule has 35 heavy (non-hydrogen) atoms. The van der Waals surface area contributed by atoms with Gasteiger partial charge in [0.2, 0.25) is 0 Å². The third kappa shape index (κ3) is 5.66. The number of nitrogens with zero attached hydrogens (tertiary/aromatic N) is 2. The number of benzene rings is 3. The molecule has 3 aromatic carbocycles. The molecule has 4 aromatic rings. The molecule has 1 amide bonds. The van der Waals surface area contributed by atoms with Crippen LogP contribution in [-0.4, -0.2) is 15.7 Å². The van der Waals surface area contributed by atoms with Crippen LogP contribution in [0.5, 0.6) is 5.75 Å². The van der Waals surface area contributed by atoms with Gasteiger partial charge in [0.25, 0.3) is 5.91 Å². The van der Waals surface area contributed by atoms with Gasteiger partial charge in [-0.2, -0.15) is 5.10 Å². The minimum Gasteiger partial charge on any atom is -0.487 e. The SMILES string of the molecule is Cc1ccc(Cl)c(OCc2cccc(C(=O)Nc3c(C)nn(Cc4c(F)cccc4Cl)c3C)c2)c1. The molecule has 0 saturated heterocycles. The van der Waals surface area contributed by atoms with Crippen molar-refractivity contribution in [2.24, 2.45) is 0 Å². The molecule has 0 saturated carbocycles.